The summed E-state index contributed by atoms with van der Waals surface area (Å²) in [6, 6.07) is 0. The summed E-state index contributed by atoms with van der Waals surface area (Å²) >= 11 is 0. The lowest BCUT2D eigenvalue weighted by Gasteiger charge is -2.26. The minimum absolute atomic E-state index is 0.0720. The lowest BCUT2D eigenvalue weighted by molar-refractivity contribution is -0.135. The molecule has 0 unspecified atom stereocenters. The van der Waals surface area contributed by atoms with E-state index in [0.717, 1.165) is 32.1 Å². The van der Waals surface area contributed by atoms with Crippen molar-refractivity contribution in [2.75, 3.05) is 26.3 Å². The summed E-state index contributed by atoms with van der Waals surface area (Å²) in [5.41, 5.74) is 0.0470. The van der Waals surface area contributed by atoms with Crippen molar-refractivity contribution in [1.82, 2.24) is 24.0 Å². The Hall–Kier alpha value is -2.42. The number of carbonyl (C=O) groups is 1. The summed E-state index contributed by atoms with van der Waals surface area (Å²) in [7, 11) is 0. The number of morpholine rings is 1. The SMILES string of the molecule is CCCCCn1c(CCC(=O)N2CCOCC2)nc2c1c(=O)[nH]c(=O)n2CCCC. The number of hydrogen-bond donors (Lipinski definition) is 1. The molecule has 0 bridgehead atoms. The zero-order chi connectivity index (χ0) is 21.5. The second-order valence-corrected chi connectivity index (χ2v) is 7.82. The first kappa shape index (κ1) is 22.3. The first-order chi connectivity index (χ1) is 14.6. The number of nitrogens with zero attached hydrogens (tertiary/aromatic N) is 4. The van der Waals surface area contributed by atoms with E-state index in [4.69, 9.17) is 9.72 Å². The maximum Gasteiger partial charge on any atom is 0.330 e. The number of rotatable bonds is 10. The zero-order valence-electron chi connectivity index (χ0n) is 18.1. The fourth-order valence-corrected chi connectivity index (χ4v) is 3.88. The van der Waals surface area contributed by atoms with Gasteiger partial charge in [-0.2, -0.15) is 0 Å². The van der Waals surface area contributed by atoms with Crippen LogP contribution in [0.15, 0.2) is 9.59 Å². The van der Waals surface area contributed by atoms with Crippen molar-refractivity contribution in [3.63, 3.8) is 0 Å². The second-order valence-electron chi connectivity index (χ2n) is 7.82. The topological polar surface area (TPSA) is 102 Å². The van der Waals surface area contributed by atoms with Gasteiger partial charge in [-0.25, -0.2) is 9.78 Å². The molecule has 2 aromatic heterocycles. The van der Waals surface area contributed by atoms with E-state index in [-0.39, 0.29) is 5.91 Å². The molecule has 30 heavy (non-hydrogen) atoms. The monoisotopic (exact) mass is 419 g/mol. The average molecular weight is 420 g/mol. The molecule has 1 aliphatic heterocycles. The van der Waals surface area contributed by atoms with E-state index < -0.39 is 11.2 Å². The van der Waals surface area contributed by atoms with Crippen LogP contribution in [0.3, 0.4) is 0 Å². The predicted octanol–water partition coefficient (Wildman–Crippen LogP) is 1.67. The number of aromatic amines is 1. The molecule has 1 saturated heterocycles. The third kappa shape index (κ3) is 5.00. The first-order valence-corrected chi connectivity index (χ1v) is 11.1. The van der Waals surface area contributed by atoms with E-state index in [1.54, 1.807) is 4.57 Å². The zero-order valence-corrected chi connectivity index (χ0v) is 18.1. The maximum atomic E-state index is 12.7. The second kappa shape index (κ2) is 10.6. The molecular formula is C21H33N5O4. The minimum atomic E-state index is -0.421. The Kier molecular flexibility index (Phi) is 7.84. The number of carbonyl (C=O) groups excluding carboxylic acids is 1. The molecule has 166 valence electrons. The smallest absolute Gasteiger partial charge is 0.330 e. The summed E-state index contributed by atoms with van der Waals surface area (Å²) < 4.78 is 8.79. The van der Waals surface area contributed by atoms with Crippen LogP contribution in [0, 0.1) is 0 Å². The number of amides is 1. The van der Waals surface area contributed by atoms with E-state index in [0.29, 0.717) is 69.2 Å². The Morgan fingerprint density at radius 1 is 1.03 bits per heavy atom. The highest BCUT2D eigenvalue weighted by Gasteiger charge is 2.21. The fourth-order valence-electron chi connectivity index (χ4n) is 3.88. The molecule has 0 aromatic carbocycles. The van der Waals surface area contributed by atoms with Crippen molar-refractivity contribution in [3.8, 4) is 0 Å². The van der Waals surface area contributed by atoms with Crippen LogP contribution in [0.4, 0.5) is 0 Å². The van der Waals surface area contributed by atoms with Crippen molar-refractivity contribution in [2.45, 2.75) is 71.9 Å². The number of H-pyrrole nitrogens is 1. The van der Waals surface area contributed by atoms with Gasteiger partial charge in [0.2, 0.25) is 5.91 Å². The summed E-state index contributed by atoms with van der Waals surface area (Å²) in [5.74, 6) is 0.770. The molecule has 9 heteroatoms. The van der Waals surface area contributed by atoms with Crippen molar-refractivity contribution in [1.29, 1.82) is 0 Å². The van der Waals surface area contributed by atoms with E-state index >= 15 is 0 Å². The van der Waals surface area contributed by atoms with E-state index in [9.17, 15) is 14.4 Å². The standard InChI is InChI=1S/C21H33N5O4/c1-3-5-7-11-25-16(8-9-17(27)24-12-14-30-15-13-24)22-19-18(25)20(28)23-21(29)26(19)10-6-4-2/h3-15H2,1-2H3,(H,23,28,29). The van der Waals surface area contributed by atoms with Crippen LogP contribution in [0.5, 0.6) is 0 Å². The van der Waals surface area contributed by atoms with Gasteiger partial charge in [0.05, 0.1) is 13.2 Å². The molecule has 9 nitrogen and oxygen atoms in total. The Balaban J connectivity index is 1.93. The molecule has 1 aliphatic rings. The summed E-state index contributed by atoms with van der Waals surface area (Å²) in [6.45, 7) is 7.72. The Labute approximate surface area is 176 Å². The van der Waals surface area contributed by atoms with Gasteiger partial charge in [-0.3, -0.25) is 19.1 Å². The number of nitrogens with one attached hydrogen (secondary N) is 1. The van der Waals surface area contributed by atoms with Crippen molar-refractivity contribution in [2.24, 2.45) is 0 Å². The first-order valence-electron chi connectivity index (χ1n) is 11.1. The van der Waals surface area contributed by atoms with Crippen molar-refractivity contribution in [3.05, 3.63) is 26.7 Å². The molecule has 0 radical (unpaired) electrons. The molecule has 1 N–H and O–H groups in total. The van der Waals surface area contributed by atoms with Crippen LogP contribution in [-0.4, -0.2) is 56.2 Å². The van der Waals surface area contributed by atoms with Gasteiger partial charge in [-0.05, 0) is 12.8 Å². The Morgan fingerprint density at radius 2 is 1.73 bits per heavy atom. The number of ether oxygens (including phenoxy) is 1. The normalized spacial score (nSPS) is 14.5. The minimum Gasteiger partial charge on any atom is -0.378 e. The Morgan fingerprint density at radius 3 is 2.43 bits per heavy atom. The molecule has 1 fully saturated rings. The maximum absolute atomic E-state index is 12.7. The lowest BCUT2D eigenvalue weighted by atomic mass is 10.2. The van der Waals surface area contributed by atoms with Gasteiger partial charge in [-0.15, -0.1) is 0 Å². The van der Waals surface area contributed by atoms with Gasteiger partial charge in [0.1, 0.15) is 5.82 Å². The van der Waals surface area contributed by atoms with Gasteiger partial charge in [-0.1, -0.05) is 33.1 Å². The number of aromatic nitrogens is 4. The number of fused-ring (bicyclic) bond motifs is 1. The molecule has 0 atom stereocenters. The molecule has 3 rings (SSSR count). The van der Waals surface area contributed by atoms with Gasteiger partial charge in [0.15, 0.2) is 11.2 Å². The number of aryl methyl sites for hydroxylation is 3. The van der Waals surface area contributed by atoms with Crippen LogP contribution < -0.4 is 11.2 Å². The molecule has 1 amide bonds. The van der Waals surface area contributed by atoms with Gasteiger partial charge in [0, 0.05) is 39.0 Å². The largest absolute Gasteiger partial charge is 0.378 e. The van der Waals surface area contributed by atoms with Crippen LogP contribution in [0.2, 0.25) is 0 Å². The third-order valence-electron chi connectivity index (χ3n) is 5.61. The molecule has 3 heterocycles. The molecular weight excluding hydrogens is 386 g/mol. The van der Waals surface area contributed by atoms with Gasteiger partial charge in [0.25, 0.3) is 5.56 Å². The number of unbranched alkanes of at least 4 members (excludes halogenated alkanes) is 3. The van der Waals surface area contributed by atoms with Crippen LogP contribution in [-0.2, 0) is 29.0 Å². The van der Waals surface area contributed by atoms with Crippen LogP contribution in [0.25, 0.3) is 11.2 Å². The summed E-state index contributed by atoms with van der Waals surface area (Å²) in [6.07, 6.45) is 5.56. The Bertz CT molecular complexity index is 968. The molecule has 0 aliphatic carbocycles. The quantitative estimate of drug-likeness (QED) is 0.590. The molecule has 0 saturated carbocycles. The summed E-state index contributed by atoms with van der Waals surface area (Å²) in [4.78, 5) is 46.6. The fraction of sp³-hybridized carbons (Fsp3) is 0.714. The highest BCUT2D eigenvalue weighted by Crippen LogP contribution is 2.16. The van der Waals surface area contributed by atoms with Gasteiger partial charge < -0.3 is 14.2 Å². The van der Waals surface area contributed by atoms with E-state index in [2.05, 4.69) is 18.8 Å². The molecule has 2 aromatic rings. The molecule has 0 spiro atoms. The highest BCUT2D eigenvalue weighted by atomic mass is 16.5. The lowest BCUT2D eigenvalue weighted by Crippen LogP contribution is -2.40. The number of imidazole rings is 1. The van der Waals surface area contributed by atoms with Gasteiger partial charge >= 0.3 is 5.69 Å². The average Bonchev–Trinajstić information content (AvgIpc) is 3.11. The summed E-state index contributed by atoms with van der Waals surface area (Å²) in [5, 5.41) is 0. The third-order valence-corrected chi connectivity index (χ3v) is 5.61. The predicted molar refractivity (Wildman–Crippen MR) is 115 cm³/mol. The van der Waals surface area contributed by atoms with E-state index in [1.807, 2.05) is 9.47 Å². The highest BCUT2D eigenvalue weighted by molar-refractivity contribution is 5.77. The van der Waals surface area contributed by atoms with Crippen molar-refractivity contribution >= 4 is 17.1 Å². The number of hydrogen-bond acceptors (Lipinski definition) is 5. The van der Waals surface area contributed by atoms with Crippen molar-refractivity contribution < 1.29 is 9.53 Å². The van der Waals surface area contributed by atoms with Crippen LogP contribution >= 0.6 is 0 Å². The van der Waals surface area contributed by atoms with E-state index in [1.165, 1.54) is 0 Å². The van der Waals surface area contributed by atoms with Crippen LogP contribution in [0.1, 0.15) is 58.2 Å².